The average molecular weight is 326 g/mol. The first-order valence-corrected chi connectivity index (χ1v) is 7.87. The van der Waals surface area contributed by atoms with E-state index in [2.05, 4.69) is 48.3 Å². The molecule has 4 rings (SSSR count). The summed E-state index contributed by atoms with van der Waals surface area (Å²) in [5, 5.41) is 16.1. The number of carbonyl (C=O) groups is 1. The number of fused-ring (bicyclic) bond motifs is 1. The summed E-state index contributed by atoms with van der Waals surface area (Å²) in [5.41, 5.74) is 2.56. The second kappa shape index (κ2) is 6.04. The molecule has 3 aromatic rings. The van der Waals surface area contributed by atoms with E-state index in [1.807, 2.05) is 6.20 Å². The molecule has 1 N–H and O–H groups in total. The third kappa shape index (κ3) is 2.76. The van der Waals surface area contributed by atoms with Crippen molar-refractivity contribution in [1.82, 2.24) is 30.1 Å². The Kier molecular flexibility index (Phi) is 3.73. The van der Waals surface area contributed by atoms with Crippen molar-refractivity contribution < 1.29 is 9.53 Å². The zero-order valence-electron chi connectivity index (χ0n) is 13.3. The molecule has 8 nitrogen and oxygen atoms in total. The molecule has 1 fully saturated rings. The Morgan fingerprint density at radius 2 is 2.38 bits per heavy atom. The summed E-state index contributed by atoms with van der Waals surface area (Å²) >= 11 is 0. The Labute approximate surface area is 138 Å². The van der Waals surface area contributed by atoms with Crippen LogP contribution in [0.2, 0.25) is 0 Å². The van der Waals surface area contributed by atoms with Gasteiger partial charge in [-0.15, -0.1) is 5.10 Å². The topological polar surface area (TPSA) is 88.9 Å². The van der Waals surface area contributed by atoms with Crippen molar-refractivity contribution in [2.24, 2.45) is 0 Å². The number of aromatic nitrogens is 5. The maximum atomic E-state index is 11.5. The summed E-state index contributed by atoms with van der Waals surface area (Å²) < 4.78 is 6.44. The summed E-state index contributed by atoms with van der Waals surface area (Å²) in [5.74, 6) is -0.455. The predicted octanol–water partition coefficient (Wildman–Crippen LogP) is 1.39. The van der Waals surface area contributed by atoms with Crippen LogP contribution in [0.4, 0.5) is 0 Å². The molecule has 0 bridgehead atoms. The SMILES string of the molecule is COC(=O)c1cn([C@H]2CCN(Cc3ccc4cn[nH]c4c3)C2)nn1. The van der Waals surface area contributed by atoms with Gasteiger partial charge in [-0.1, -0.05) is 17.3 Å². The second-order valence-corrected chi connectivity index (χ2v) is 6.04. The minimum Gasteiger partial charge on any atom is -0.464 e. The van der Waals surface area contributed by atoms with Crippen LogP contribution >= 0.6 is 0 Å². The molecule has 0 amide bonds. The van der Waals surface area contributed by atoms with Crippen LogP contribution in [0.1, 0.15) is 28.5 Å². The van der Waals surface area contributed by atoms with E-state index in [4.69, 9.17) is 0 Å². The Hall–Kier alpha value is -2.74. The highest BCUT2D eigenvalue weighted by Crippen LogP contribution is 2.23. The summed E-state index contributed by atoms with van der Waals surface area (Å²) in [4.78, 5) is 13.9. The normalized spacial score (nSPS) is 18.3. The van der Waals surface area contributed by atoms with Crippen molar-refractivity contribution in [3.63, 3.8) is 0 Å². The number of nitrogens with zero attached hydrogens (tertiary/aromatic N) is 5. The first-order chi connectivity index (χ1) is 11.7. The number of benzene rings is 1. The highest BCUT2D eigenvalue weighted by molar-refractivity contribution is 5.86. The first kappa shape index (κ1) is 14.8. The summed E-state index contributed by atoms with van der Waals surface area (Å²) in [6.45, 7) is 2.74. The molecule has 0 unspecified atom stereocenters. The van der Waals surface area contributed by atoms with Gasteiger partial charge in [0.15, 0.2) is 5.69 Å². The molecule has 0 radical (unpaired) electrons. The van der Waals surface area contributed by atoms with Gasteiger partial charge in [0.1, 0.15) is 0 Å². The third-order valence-corrected chi connectivity index (χ3v) is 4.44. The standard InChI is InChI=1S/C16H18N6O2/c1-24-16(23)15-10-22(20-19-15)13-4-5-21(9-13)8-11-2-3-12-7-17-18-14(12)6-11/h2-3,6-7,10,13H,4-5,8-9H2,1H3,(H,17,18)/t13-/m0/s1. The number of nitrogens with one attached hydrogen (secondary N) is 1. The van der Waals surface area contributed by atoms with Crippen LogP contribution in [0.3, 0.4) is 0 Å². The quantitative estimate of drug-likeness (QED) is 0.729. The van der Waals surface area contributed by atoms with Crippen molar-refractivity contribution >= 4 is 16.9 Å². The lowest BCUT2D eigenvalue weighted by Crippen LogP contribution is -2.21. The van der Waals surface area contributed by atoms with Crippen molar-refractivity contribution in [3.8, 4) is 0 Å². The summed E-state index contributed by atoms with van der Waals surface area (Å²) in [7, 11) is 1.34. The van der Waals surface area contributed by atoms with Gasteiger partial charge in [0.05, 0.1) is 31.1 Å². The van der Waals surface area contributed by atoms with Gasteiger partial charge in [-0.2, -0.15) is 5.10 Å². The lowest BCUT2D eigenvalue weighted by molar-refractivity contribution is 0.0594. The van der Waals surface area contributed by atoms with Gasteiger partial charge in [0, 0.05) is 25.0 Å². The average Bonchev–Trinajstić information content (AvgIpc) is 3.33. The number of H-pyrrole nitrogens is 1. The smallest absolute Gasteiger partial charge is 0.360 e. The zero-order chi connectivity index (χ0) is 16.5. The lowest BCUT2D eigenvalue weighted by atomic mass is 10.1. The highest BCUT2D eigenvalue weighted by atomic mass is 16.5. The van der Waals surface area contributed by atoms with Gasteiger partial charge >= 0.3 is 5.97 Å². The zero-order valence-corrected chi connectivity index (χ0v) is 13.3. The van der Waals surface area contributed by atoms with Gasteiger partial charge in [0.25, 0.3) is 0 Å². The van der Waals surface area contributed by atoms with E-state index in [9.17, 15) is 4.79 Å². The number of ether oxygens (including phenoxy) is 1. The molecule has 1 aromatic carbocycles. The largest absolute Gasteiger partial charge is 0.464 e. The molecule has 1 saturated heterocycles. The Balaban J connectivity index is 1.42. The molecule has 8 heteroatoms. The van der Waals surface area contributed by atoms with Gasteiger partial charge in [0.2, 0.25) is 0 Å². The van der Waals surface area contributed by atoms with Crippen LogP contribution in [-0.4, -0.2) is 56.3 Å². The number of hydrogen-bond donors (Lipinski definition) is 1. The number of aromatic amines is 1. The molecule has 0 saturated carbocycles. The van der Waals surface area contributed by atoms with Crippen molar-refractivity contribution in [1.29, 1.82) is 0 Å². The Bertz CT molecular complexity index is 870. The third-order valence-electron chi connectivity index (χ3n) is 4.44. The fourth-order valence-electron chi connectivity index (χ4n) is 3.17. The minimum atomic E-state index is -0.455. The second-order valence-electron chi connectivity index (χ2n) is 6.04. The fraction of sp³-hybridized carbons (Fsp3) is 0.375. The van der Waals surface area contributed by atoms with Gasteiger partial charge in [-0.3, -0.25) is 10.00 Å². The number of carbonyl (C=O) groups excluding carboxylic acids is 1. The van der Waals surface area contributed by atoms with Gasteiger partial charge < -0.3 is 4.74 Å². The van der Waals surface area contributed by atoms with E-state index in [1.54, 1.807) is 10.9 Å². The van der Waals surface area contributed by atoms with Crippen LogP contribution in [-0.2, 0) is 11.3 Å². The maximum absolute atomic E-state index is 11.5. The summed E-state index contributed by atoms with van der Waals surface area (Å²) in [6.07, 6.45) is 4.47. The molecule has 1 aliphatic rings. The molecule has 124 valence electrons. The van der Waals surface area contributed by atoms with E-state index in [1.165, 1.54) is 12.7 Å². The molecule has 3 heterocycles. The van der Waals surface area contributed by atoms with Crippen molar-refractivity contribution in [2.75, 3.05) is 20.2 Å². The Morgan fingerprint density at radius 1 is 1.46 bits per heavy atom. The molecule has 24 heavy (non-hydrogen) atoms. The molecule has 0 aliphatic carbocycles. The van der Waals surface area contributed by atoms with E-state index < -0.39 is 5.97 Å². The van der Waals surface area contributed by atoms with Gasteiger partial charge in [-0.05, 0) is 18.1 Å². The fourth-order valence-corrected chi connectivity index (χ4v) is 3.17. The highest BCUT2D eigenvalue weighted by Gasteiger charge is 2.25. The number of hydrogen-bond acceptors (Lipinski definition) is 6. The van der Waals surface area contributed by atoms with Crippen LogP contribution in [0, 0.1) is 0 Å². The maximum Gasteiger partial charge on any atom is 0.360 e. The first-order valence-electron chi connectivity index (χ1n) is 7.87. The molecule has 1 aliphatic heterocycles. The van der Waals surface area contributed by atoms with E-state index in [-0.39, 0.29) is 11.7 Å². The van der Waals surface area contributed by atoms with Crippen LogP contribution in [0.5, 0.6) is 0 Å². The monoisotopic (exact) mass is 326 g/mol. The predicted molar refractivity (Wildman–Crippen MR) is 86.4 cm³/mol. The van der Waals surface area contributed by atoms with Crippen LogP contribution in [0.15, 0.2) is 30.6 Å². The van der Waals surface area contributed by atoms with Crippen molar-refractivity contribution in [3.05, 3.63) is 41.9 Å². The molecular weight excluding hydrogens is 308 g/mol. The molecular formula is C16H18N6O2. The molecule has 0 spiro atoms. The van der Waals surface area contributed by atoms with E-state index in [0.717, 1.165) is 37.0 Å². The number of rotatable bonds is 4. The van der Waals surface area contributed by atoms with Crippen LogP contribution < -0.4 is 0 Å². The van der Waals surface area contributed by atoms with E-state index >= 15 is 0 Å². The van der Waals surface area contributed by atoms with Crippen molar-refractivity contribution in [2.45, 2.75) is 19.0 Å². The molecule has 1 atom stereocenters. The van der Waals surface area contributed by atoms with E-state index in [0.29, 0.717) is 0 Å². The molecule has 2 aromatic heterocycles. The number of esters is 1. The summed E-state index contributed by atoms with van der Waals surface area (Å²) in [6, 6.07) is 6.59. The lowest BCUT2D eigenvalue weighted by Gasteiger charge is -2.16. The number of likely N-dealkylation sites (tertiary alicyclic amines) is 1. The van der Waals surface area contributed by atoms with Gasteiger partial charge in [-0.25, -0.2) is 9.48 Å². The van der Waals surface area contributed by atoms with Crippen LogP contribution in [0.25, 0.3) is 10.9 Å². The number of methoxy groups -OCH3 is 1. The minimum absolute atomic E-state index is 0.229. The Morgan fingerprint density at radius 3 is 3.25 bits per heavy atom.